The van der Waals surface area contributed by atoms with Crippen LogP contribution in [0.15, 0.2) is 36.4 Å². The van der Waals surface area contributed by atoms with Crippen molar-refractivity contribution in [2.75, 3.05) is 44.7 Å². The third kappa shape index (κ3) is 6.00. The number of carbonyl (C=O) groups is 1. The zero-order valence-electron chi connectivity index (χ0n) is 16.9. The molecule has 1 fully saturated rings. The Kier molecular flexibility index (Phi) is 6.59. The summed E-state index contributed by atoms with van der Waals surface area (Å²) in [6.07, 6.45) is 0. The highest BCUT2D eigenvalue weighted by Gasteiger charge is 2.17. The number of morpholine rings is 1. The molecule has 1 aliphatic heterocycles. The minimum absolute atomic E-state index is 0.174. The van der Waals surface area contributed by atoms with E-state index >= 15 is 0 Å². The number of ether oxygens (including phenoxy) is 1. The highest BCUT2D eigenvalue weighted by atomic mass is 16.5. The van der Waals surface area contributed by atoms with Gasteiger partial charge in [0.15, 0.2) is 5.82 Å². The van der Waals surface area contributed by atoms with Crippen LogP contribution in [0.4, 0.5) is 5.82 Å². The van der Waals surface area contributed by atoms with Crippen molar-refractivity contribution in [2.45, 2.75) is 26.3 Å². The fourth-order valence-electron chi connectivity index (χ4n) is 2.97. The fraction of sp³-hybridized carbons (Fsp3) is 0.476. The Labute approximate surface area is 166 Å². The molecule has 7 nitrogen and oxygen atoms in total. The van der Waals surface area contributed by atoms with E-state index in [4.69, 9.17) is 4.74 Å². The van der Waals surface area contributed by atoms with E-state index in [0.717, 1.165) is 38.4 Å². The van der Waals surface area contributed by atoms with Gasteiger partial charge >= 0.3 is 0 Å². The standard InChI is InChI=1S/C21H29N5O2/c1-21(2,3)25-18-15-17(23-19(24-18)16-7-5-4-6-8-16)20(27)22-9-10-26-11-13-28-14-12-26/h4-8,15H,9-14H2,1-3H3,(H,22,27)(H,23,24,25). The van der Waals surface area contributed by atoms with Crippen LogP contribution in [0, 0.1) is 0 Å². The summed E-state index contributed by atoms with van der Waals surface area (Å²) in [5.41, 5.74) is 1.07. The van der Waals surface area contributed by atoms with Crippen LogP contribution in [0.3, 0.4) is 0 Å². The van der Waals surface area contributed by atoms with E-state index in [1.165, 1.54) is 0 Å². The average molecular weight is 383 g/mol. The van der Waals surface area contributed by atoms with E-state index in [2.05, 4.69) is 46.3 Å². The quantitative estimate of drug-likeness (QED) is 0.798. The molecular formula is C21H29N5O2. The fourth-order valence-corrected chi connectivity index (χ4v) is 2.97. The highest BCUT2D eigenvalue weighted by molar-refractivity contribution is 5.93. The lowest BCUT2D eigenvalue weighted by Gasteiger charge is -2.26. The first-order valence-electron chi connectivity index (χ1n) is 9.72. The Balaban J connectivity index is 1.74. The molecule has 0 atom stereocenters. The van der Waals surface area contributed by atoms with Crippen molar-refractivity contribution in [2.24, 2.45) is 0 Å². The second-order valence-electron chi connectivity index (χ2n) is 7.91. The SMILES string of the molecule is CC(C)(C)Nc1cc(C(=O)NCCN2CCOCC2)nc(-c2ccccc2)n1. The Morgan fingerprint density at radius 1 is 1.14 bits per heavy atom. The van der Waals surface area contributed by atoms with Crippen LogP contribution >= 0.6 is 0 Å². The van der Waals surface area contributed by atoms with Gasteiger partial charge in [-0.25, -0.2) is 9.97 Å². The molecule has 3 rings (SSSR count). The maximum Gasteiger partial charge on any atom is 0.270 e. The van der Waals surface area contributed by atoms with Gasteiger partial charge in [0.25, 0.3) is 5.91 Å². The van der Waals surface area contributed by atoms with E-state index in [1.807, 2.05) is 30.3 Å². The number of aromatic nitrogens is 2. The first-order chi connectivity index (χ1) is 13.4. The number of hydrogen-bond donors (Lipinski definition) is 2. The summed E-state index contributed by atoms with van der Waals surface area (Å²) in [7, 11) is 0. The smallest absolute Gasteiger partial charge is 0.270 e. The third-order valence-electron chi connectivity index (χ3n) is 4.31. The van der Waals surface area contributed by atoms with E-state index in [9.17, 15) is 4.79 Å². The summed E-state index contributed by atoms with van der Waals surface area (Å²) in [6.45, 7) is 10.9. The maximum absolute atomic E-state index is 12.7. The first kappa shape index (κ1) is 20.2. The third-order valence-corrected chi connectivity index (χ3v) is 4.31. The molecule has 0 bridgehead atoms. The molecule has 1 amide bonds. The number of nitrogens with one attached hydrogen (secondary N) is 2. The maximum atomic E-state index is 12.7. The minimum Gasteiger partial charge on any atom is -0.379 e. The van der Waals surface area contributed by atoms with Gasteiger partial charge in [-0.05, 0) is 20.8 Å². The predicted molar refractivity (Wildman–Crippen MR) is 110 cm³/mol. The molecule has 1 aliphatic rings. The van der Waals surface area contributed by atoms with Gasteiger partial charge in [-0.1, -0.05) is 30.3 Å². The lowest BCUT2D eigenvalue weighted by molar-refractivity contribution is 0.0383. The summed E-state index contributed by atoms with van der Waals surface area (Å²) < 4.78 is 5.35. The van der Waals surface area contributed by atoms with Gasteiger partial charge in [0.2, 0.25) is 0 Å². The monoisotopic (exact) mass is 383 g/mol. The summed E-state index contributed by atoms with van der Waals surface area (Å²) in [5.74, 6) is 0.984. The van der Waals surface area contributed by atoms with Gasteiger partial charge in [-0.2, -0.15) is 0 Å². The van der Waals surface area contributed by atoms with Crippen molar-refractivity contribution in [3.63, 3.8) is 0 Å². The van der Waals surface area contributed by atoms with Gasteiger partial charge in [0.05, 0.1) is 13.2 Å². The lowest BCUT2D eigenvalue weighted by Crippen LogP contribution is -2.41. The number of anilines is 1. The Morgan fingerprint density at radius 2 is 1.86 bits per heavy atom. The summed E-state index contributed by atoms with van der Waals surface area (Å²) >= 11 is 0. The zero-order chi connectivity index (χ0) is 20.0. The molecule has 0 unspecified atom stereocenters. The van der Waals surface area contributed by atoms with Crippen molar-refractivity contribution in [3.05, 3.63) is 42.1 Å². The normalized spacial score (nSPS) is 15.2. The second-order valence-corrected chi connectivity index (χ2v) is 7.91. The van der Waals surface area contributed by atoms with Gasteiger partial charge in [-0.15, -0.1) is 0 Å². The molecule has 150 valence electrons. The van der Waals surface area contributed by atoms with Crippen LogP contribution in [-0.2, 0) is 4.74 Å². The van der Waals surface area contributed by atoms with Crippen molar-refractivity contribution in [1.82, 2.24) is 20.2 Å². The van der Waals surface area contributed by atoms with Crippen LogP contribution in [0.25, 0.3) is 11.4 Å². The molecule has 0 saturated carbocycles. The number of amides is 1. The first-order valence-corrected chi connectivity index (χ1v) is 9.72. The van der Waals surface area contributed by atoms with Crippen molar-refractivity contribution in [1.29, 1.82) is 0 Å². The Morgan fingerprint density at radius 3 is 2.54 bits per heavy atom. The summed E-state index contributed by atoms with van der Waals surface area (Å²) in [5, 5.41) is 6.32. The molecule has 1 aromatic heterocycles. The molecule has 2 N–H and O–H groups in total. The van der Waals surface area contributed by atoms with E-state index in [1.54, 1.807) is 6.07 Å². The molecular weight excluding hydrogens is 354 g/mol. The van der Waals surface area contributed by atoms with E-state index in [0.29, 0.717) is 23.9 Å². The molecule has 2 aromatic rings. The summed E-state index contributed by atoms with van der Waals surface area (Å²) in [6, 6.07) is 11.4. The molecule has 2 heterocycles. The van der Waals surface area contributed by atoms with E-state index in [-0.39, 0.29) is 11.4 Å². The largest absolute Gasteiger partial charge is 0.379 e. The molecule has 7 heteroatoms. The van der Waals surface area contributed by atoms with Crippen molar-refractivity contribution >= 4 is 11.7 Å². The number of rotatable bonds is 6. The van der Waals surface area contributed by atoms with E-state index < -0.39 is 0 Å². The van der Waals surface area contributed by atoms with Crippen molar-refractivity contribution in [3.8, 4) is 11.4 Å². The van der Waals surface area contributed by atoms with Gasteiger partial charge in [0, 0.05) is 43.3 Å². The van der Waals surface area contributed by atoms with Crippen LogP contribution in [0.1, 0.15) is 31.3 Å². The average Bonchev–Trinajstić information content (AvgIpc) is 2.68. The molecule has 28 heavy (non-hydrogen) atoms. The van der Waals surface area contributed by atoms with Crippen LogP contribution in [0.2, 0.25) is 0 Å². The van der Waals surface area contributed by atoms with Crippen LogP contribution < -0.4 is 10.6 Å². The van der Waals surface area contributed by atoms with Crippen LogP contribution in [-0.4, -0.2) is 65.7 Å². The lowest BCUT2D eigenvalue weighted by atomic mass is 10.1. The molecule has 1 saturated heterocycles. The van der Waals surface area contributed by atoms with Crippen molar-refractivity contribution < 1.29 is 9.53 Å². The molecule has 1 aromatic carbocycles. The van der Waals surface area contributed by atoms with Crippen LogP contribution in [0.5, 0.6) is 0 Å². The summed E-state index contributed by atoms with van der Waals surface area (Å²) in [4.78, 5) is 24.1. The minimum atomic E-state index is -0.190. The Bertz CT molecular complexity index is 783. The molecule has 0 radical (unpaired) electrons. The highest BCUT2D eigenvalue weighted by Crippen LogP contribution is 2.20. The molecule has 0 aliphatic carbocycles. The van der Waals surface area contributed by atoms with Gasteiger partial charge in [-0.3, -0.25) is 9.69 Å². The Hall–Kier alpha value is -2.51. The predicted octanol–water partition coefficient (Wildman–Crippen LogP) is 2.42. The topological polar surface area (TPSA) is 79.4 Å². The number of carbonyl (C=O) groups excluding carboxylic acids is 1. The number of benzene rings is 1. The zero-order valence-corrected chi connectivity index (χ0v) is 16.9. The molecule has 0 spiro atoms. The van der Waals surface area contributed by atoms with Gasteiger partial charge < -0.3 is 15.4 Å². The van der Waals surface area contributed by atoms with Gasteiger partial charge in [0.1, 0.15) is 11.5 Å². The number of hydrogen-bond acceptors (Lipinski definition) is 6. The number of nitrogens with zero attached hydrogens (tertiary/aromatic N) is 3. The second kappa shape index (κ2) is 9.12.